The van der Waals surface area contributed by atoms with Gasteiger partial charge in [0.25, 0.3) is 5.91 Å². The molecule has 0 radical (unpaired) electrons. The van der Waals surface area contributed by atoms with Crippen LogP contribution in [-0.4, -0.2) is 64.0 Å². The third-order valence-corrected chi connectivity index (χ3v) is 7.29. The van der Waals surface area contributed by atoms with Crippen molar-refractivity contribution in [1.29, 1.82) is 0 Å². The van der Waals surface area contributed by atoms with E-state index < -0.39 is 23.2 Å². The topological polar surface area (TPSA) is 126 Å². The average molecular weight is 501 g/mol. The molecule has 2 aromatic rings. The largest absolute Gasteiger partial charge is 0.416 e. The highest BCUT2D eigenvalue weighted by atomic mass is 32.1. The second-order valence-corrected chi connectivity index (χ2v) is 9.49. The number of carbonyl (C=O) groups is 2. The Morgan fingerprint density at radius 2 is 1.94 bits per heavy atom. The first-order valence-corrected chi connectivity index (χ1v) is 11.6. The van der Waals surface area contributed by atoms with E-state index in [4.69, 9.17) is 0 Å². The minimum absolute atomic E-state index is 0. The molecule has 1 saturated heterocycles. The number of likely N-dealkylation sites (tertiary alicyclic amines) is 1. The van der Waals surface area contributed by atoms with Gasteiger partial charge in [-0.25, -0.2) is 0 Å². The second-order valence-electron chi connectivity index (χ2n) is 8.61. The summed E-state index contributed by atoms with van der Waals surface area (Å²) in [6.07, 6.45) is 0.266. The van der Waals surface area contributed by atoms with Crippen LogP contribution in [0.4, 0.5) is 13.2 Å². The van der Waals surface area contributed by atoms with Crippen molar-refractivity contribution in [2.24, 2.45) is 0 Å². The molecule has 1 aromatic heterocycles. The van der Waals surface area contributed by atoms with Gasteiger partial charge >= 0.3 is 6.18 Å². The monoisotopic (exact) mass is 500 g/mol. The molecule has 0 spiro atoms. The van der Waals surface area contributed by atoms with Gasteiger partial charge in [-0.05, 0) is 43.9 Å². The number of aromatic nitrogens is 1. The molecule has 0 bridgehead atoms. The highest BCUT2D eigenvalue weighted by molar-refractivity contribution is 7.09. The van der Waals surface area contributed by atoms with Crippen LogP contribution < -0.4 is 10.6 Å². The fourth-order valence-corrected chi connectivity index (χ4v) is 5.20. The highest BCUT2D eigenvalue weighted by Crippen LogP contribution is 2.40. The lowest BCUT2D eigenvalue weighted by molar-refractivity contribution is -0.137. The Balaban J connectivity index is 0.00000324. The lowest BCUT2D eigenvalue weighted by Crippen LogP contribution is -2.63. The van der Waals surface area contributed by atoms with Gasteiger partial charge in [-0.15, -0.1) is 11.3 Å². The first kappa shape index (κ1) is 26.1. The fraction of sp³-hybridized carbons (Fsp3) is 0.500. The zero-order valence-electron chi connectivity index (χ0n) is 18.3. The van der Waals surface area contributed by atoms with Crippen molar-refractivity contribution in [2.75, 3.05) is 19.6 Å². The van der Waals surface area contributed by atoms with Crippen molar-refractivity contribution >= 4 is 23.2 Å². The lowest BCUT2D eigenvalue weighted by Gasteiger charge is -2.48. The lowest BCUT2D eigenvalue weighted by atomic mass is 9.80. The Hall–Kier alpha value is -2.54. The molecular weight excluding hydrogens is 473 g/mol. The van der Waals surface area contributed by atoms with E-state index >= 15 is 0 Å². The SMILES string of the molecule is O.O=C(CNC(=O)c1cccc(C(F)(F)F)c1)NC1CN(C2CCC(O)(c3cncs3)CC2)C1. The standard InChI is InChI=1S/C22H25F3N4O3S.H2O/c23-22(24,25)15-3-1-2-14(8-15)20(31)27-10-19(30)28-16-11-29(12-16)17-4-6-21(32,7-5-17)18-9-26-13-33-18;/h1-3,8-9,13,16-17,32H,4-7,10-12H2,(H,27,31)(H,28,30);1H2. The van der Waals surface area contributed by atoms with Gasteiger partial charge in [-0.3, -0.25) is 19.5 Å². The van der Waals surface area contributed by atoms with Gasteiger partial charge in [-0.1, -0.05) is 6.07 Å². The van der Waals surface area contributed by atoms with Crippen LogP contribution in [0.3, 0.4) is 0 Å². The normalized spacial score (nSPS) is 23.5. The molecule has 2 aliphatic rings. The van der Waals surface area contributed by atoms with Crippen molar-refractivity contribution in [3.8, 4) is 0 Å². The van der Waals surface area contributed by atoms with E-state index in [2.05, 4.69) is 20.5 Å². The number of nitrogens with one attached hydrogen (secondary N) is 2. The molecule has 2 heterocycles. The summed E-state index contributed by atoms with van der Waals surface area (Å²) in [6.45, 7) is 1.07. The fourth-order valence-electron chi connectivity index (χ4n) is 4.42. The van der Waals surface area contributed by atoms with Crippen molar-refractivity contribution in [3.05, 3.63) is 52.0 Å². The van der Waals surface area contributed by atoms with Crippen LogP contribution in [0.2, 0.25) is 0 Å². The zero-order chi connectivity index (χ0) is 23.6. The van der Waals surface area contributed by atoms with Crippen molar-refractivity contribution in [2.45, 2.75) is 49.5 Å². The quantitative estimate of drug-likeness (QED) is 0.557. The number of thiazole rings is 1. The maximum atomic E-state index is 12.8. The number of benzene rings is 1. The first-order chi connectivity index (χ1) is 15.6. The molecule has 2 fully saturated rings. The Bertz CT molecular complexity index is 988. The molecule has 34 heavy (non-hydrogen) atoms. The van der Waals surface area contributed by atoms with Crippen LogP contribution in [0.5, 0.6) is 0 Å². The number of rotatable bonds is 6. The first-order valence-electron chi connectivity index (χ1n) is 10.7. The summed E-state index contributed by atoms with van der Waals surface area (Å²) >= 11 is 1.47. The minimum atomic E-state index is -4.54. The van der Waals surface area contributed by atoms with E-state index in [1.54, 1.807) is 11.7 Å². The van der Waals surface area contributed by atoms with E-state index in [1.807, 2.05) is 0 Å². The summed E-state index contributed by atoms with van der Waals surface area (Å²) < 4.78 is 38.4. The maximum Gasteiger partial charge on any atom is 0.416 e. The van der Waals surface area contributed by atoms with Crippen LogP contribution in [0.1, 0.15) is 46.5 Å². The predicted octanol–water partition coefficient (Wildman–Crippen LogP) is 1.70. The smallest absolute Gasteiger partial charge is 0.412 e. The predicted molar refractivity (Wildman–Crippen MR) is 119 cm³/mol. The minimum Gasteiger partial charge on any atom is -0.412 e. The number of halogens is 3. The van der Waals surface area contributed by atoms with Crippen molar-refractivity contribution < 1.29 is 33.3 Å². The number of amides is 2. The summed E-state index contributed by atoms with van der Waals surface area (Å²) in [4.78, 5) is 31.5. The number of aliphatic hydroxyl groups is 1. The summed E-state index contributed by atoms with van der Waals surface area (Å²) in [5.74, 6) is -1.12. The molecule has 8 nitrogen and oxygen atoms in total. The van der Waals surface area contributed by atoms with Crippen LogP contribution >= 0.6 is 11.3 Å². The van der Waals surface area contributed by atoms with Crippen LogP contribution in [-0.2, 0) is 16.6 Å². The summed E-state index contributed by atoms with van der Waals surface area (Å²) in [6, 6.07) is 4.39. The maximum absolute atomic E-state index is 12.8. The molecule has 1 aliphatic heterocycles. The Morgan fingerprint density at radius 3 is 2.56 bits per heavy atom. The van der Waals surface area contributed by atoms with Crippen LogP contribution in [0.15, 0.2) is 36.0 Å². The number of alkyl halides is 3. The van der Waals surface area contributed by atoms with E-state index in [0.717, 1.165) is 35.9 Å². The highest BCUT2D eigenvalue weighted by Gasteiger charge is 2.41. The number of hydrogen-bond donors (Lipinski definition) is 3. The third-order valence-electron chi connectivity index (χ3n) is 6.33. The molecule has 2 amide bonds. The van der Waals surface area contributed by atoms with Gasteiger partial charge in [0.05, 0.1) is 28.5 Å². The van der Waals surface area contributed by atoms with Gasteiger partial charge in [0, 0.05) is 30.9 Å². The van der Waals surface area contributed by atoms with E-state index in [0.29, 0.717) is 32.0 Å². The zero-order valence-corrected chi connectivity index (χ0v) is 19.1. The molecule has 4 rings (SSSR count). The Labute approximate surface area is 198 Å². The van der Waals surface area contributed by atoms with E-state index in [9.17, 15) is 27.9 Å². The molecule has 1 saturated carbocycles. The number of nitrogens with zero attached hydrogens (tertiary/aromatic N) is 2. The van der Waals surface area contributed by atoms with Crippen LogP contribution in [0.25, 0.3) is 0 Å². The molecule has 186 valence electrons. The number of hydrogen-bond acceptors (Lipinski definition) is 6. The second kappa shape index (κ2) is 10.4. The molecule has 5 N–H and O–H groups in total. The Kier molecular flexibility index (Phi) is 7.96. The van der Waals surface area contributed by atoms with Gasteiger partial charge in [0.15, 0.2) is 0 Å². The molecular formula is C22H27F3N4O4S. The summed E-state index contributed by atoms with van der Waals surface area (Å²) in [5.41, 5.74) is -0.136. The Morgan fingerprint density at radius 1 is 1.24 bits per heavy atom. The molecule has 1 aromatic carbocycles. The number of carbonyl (C=O) groups excluding carboxylic acids is 2. The van der Waals surface area contributed by atoms with Gasteiger partial charge in [-0.2, -0.15) is 13.2 Å². The molecule has 12 heteroatoms. The van der Waals surface area contributed by atoms with E-state index in [-0.39, 0.29) is 29.5 Å². The van der Waals surface area contributed by atoms with E-state index in [1.165, 1.54) is 17.4 Å². The summed E-state index contributed by atoms with van der Waals surface area (Å²) in [5, 5.41) is 16.0. The van der Waals surface area contributed by atoms with Gasteiger partial charge in [0.1, 0.15) is 5.60 Å². The molecule has 1 aliphatic carbocycles. The summed E-state index contributed by atoms with van der Waals surface area (Å²) in [7, 11) is 0. The van der Waals surface area contributed by atoms with Crippen LogP contribution in [0, 0.1) is 0 Å². The average Bonchev–Trinajstić information content (AvgIpc) is 3.31. The third kappa shape index (κ3) is 5.93. The molecule has 0 unspecified atom stereocenters. The van der Waals surface area contributed by atoms with Crippen molar-refractivity contribution in [3.63, 3.8) is 0 Å². The van der Waals surface area contributed by atoms with Gasteiger partial charge in [0.2, 0.25) is 5.91 Å². The molecule has 0 atom stereocenters. The van der Waals surface area contributed by atoms with Gasteiger partial charge < -0.3 is 21.2 Å². The van der Waals surface area contributed by atoms with Crippen molar-refractivity contribution in [1.82, 2.24) is 20.5 Å².